The maximum atomic E-state index is 12.0. The van der Waals surface area contributed by atoms with Crippen molar-refractivity contribution in [2.45, 2.75) is 19.4 Å². The Morgan fingerprint density at radius 2 is 2.00 bits per heavy atom. The number of carbonyl (C=O) groups is 2. The van der Waals surface area contributed by atoms with Gasteiger partial charge in [-0.25, -0.2) is 4.98 Å². The van der Waals surface area contributed by atoms with E-state index >= 15 is 0 Å². The third kappa shape index (κ3) is 2.18. The molecule has 2 aromatic rings. The van der Waals surface area contributed by atoms with Gasteiger partial charge in [-0.2, -0.15) is 0 Å². The topological polar surface area (TPSA) is 88.3 Å². The predicted molar refractivity (Wildman–Crippen MR) is 80.7 cm³/mol. The third-order valence-corrected chi connectivity index (χ3v) is 3.76. The summed E-state index contributed by atoms with van der Waals surface area (Å²) in [7, 11) is 0. The van der Waals surface area contributed by atoms with E-state index in [9.17, 15) is 9.59 Å². The van der Waals surface area contributed by atoms with Crippen LogP contribution in [0.25, 0.3) is 10.9 Å². The van der Waals surface area contributed by atoms with E-state index in [0.29, 0.717) is 11.5 Å². The molecule has 1 aliphatic rings. The highest BCUT2D eigenvalue weighted by atomic mass is 16.2. The molecular weight excluding hydrogens is 268 g/mol. The highest BCUT2D eigenvalue weighted by Gasteiger charge is 2.41. The van der Waals surface area contributed by atoms with Crippen molar-refractivity contribution in [3.8, 4) is 0 Å². The van der Waals surface area contributed by atoms with E-state index in [0.717, 1.165) is 10.9 Å². The quantitative estimate of drug-likeness (QED) is 0.604. The number of nitrogens with one attached hydrogen (secondary N) is 1. The van der Waals surface area contributed by atoms with Gasteiger partial charge in [0, 0.05) is 11.1 Å². The van der Waals surface area contributed by atoms with Gasteiger partial charge in [0.1, 0.15) is 11.4 Å². The number of piperazine rings is 1. The molecule has 0 atom stereocenters. The maximum Gasteiger partial charge on any atom is 0.251 e. The van der Waals surface area contributed by atoms with E-state index in [1.807, 2.05) is 18.2 Å². The molecule has 6 heteroatoms. The van der Waals surface area contributed by atoms with Crippen LogP contribution in [0.5, 0.6) is 0 Å². The number of imide groups is 1. The highest BCUT2D eigenvalue weighted by Crippen LogP contribution is 2.27. The normalized spacial score (nSPS) is 17.9. The molecule has 1 fully saturated rings. The van der Waals surface area contributed by atoms with Crippen molar-refractivity contribution in [2.24, 2.45) is 0 Å². The lowest BCUT2D eigenvalue weighted by Gasteiger charge is -2.40. The third-order valence-electron chi connectivity index (χ3n) is 3.76. The van der Waals surface area contributed by atoms with E-state index < -0.39 is 5.54 Å². The van der Waals surface area contributed by atoms with Crippen molar-refractivity contribution < 1.29 is 9.59 Å². The Kier molecular flexibility index (Phi) is 2.83. The number of pyridine rings is 1. The Hall–Kier alpha value is -2.63. The summed E-state index contributed by atoms with van der Waals surface area (Å²) >= 11 is 0. The summed E-state index contributed by atoms with van der Waals surface area (Å²) in [6, 6.07) is 9.13. The standard InChI is InChI=1S/C15H16N4O2/c1-15(2)14(21)18-13(20)8-19(15)12-6-3-9-7-10(16)4-5-11(9)17-12/h3-7H,8,16H2,1-2H3,(H,18,20,21). The van der Waals surface area contributed by atoms with Crippen molar-refractivity contribution in [1.29, 1.82) is 0 Å². The minimum atomic E-state index is -0.831. The molecule has 2 heterocycles. The summed E-state index contributed by atoms with van der Waals surface area (Å²) in [5.41, 5.74) is 6.36. The average molecular weight is 284 g/mol. The lowest BCUT2D eigenvalue weighted by atomic mass is 9.98. The van der Waals surface area contributed by atoms with Crippen LogP contribution >= 0.6 is 0 Å². The van der Waals surface area contributed by atoms with Crippen LogP contribution in [0.3, 0.4) is 0 Å². The number of nitrogens with two attached hydrogens (primary N) is 1. The molecule has 1 aromatic heterocycles. The van der Waals surface area contributed by atoms with Crippen molar-refractivity contribution in [2.75, 3.05) is 17.2 Å². The van der Waals surface area contributed by atoms with Gasteiger partial charge in [0.15, 0.2) is 0 Å². The largest absolute Gasteiger partial charge is 0.399 e. The Morgan fingerprint density at radius 1 is 1.24 bits per heavy atom. The van der Waals surface area contributed by atoms with Crippen LogP contribution in [0.4, 0.5) is 11.5 Å². The highest BCUT2D eigenvalue weighted by molar-refractivity contribution is 6.06. The number of anilines is 2. The van der Waals surface area contributed by atoms with Gasteiger partial charge in [-0.05, 0) is 44.2 Å². The van der Waals surface area contributed by atoms with Crippen molar-refractivity contribution in [1.82, 2.24) is 10.3 Å². The van der Waals surface area contributed by atoms with E-state index in [2.05, 4.69) is 10.3 Å². The number of fused-ring (bicyclic) bond motifs is 1. The zero-order valence-electron chi connectivity index (χ0n) is 11.9. The molecule has 1 aliphatic heterocycles. The van der Waals surface area contributed by atoms with Crippen LogP contribution in [0, 0.1) is 0 Å². The molecule has 21 heavy (non-hydrogen) atoms. The summed E-state index contributed by atoms with van der Waals surface area (Å²) in [5, 5.41) is 3.27. The molecule has 0 spiro atoms. The number of carbonyl (C=O) groups excluding carboxylic acids is 2. The van der Waals surface area contributed by atoms with Crippen molar-refractivity contribution in [3.63, 3.8) is 0 Å². The lowest BCUT2D eigenvalue weighted by molar-refractivity contribution is -0.135. The molecule has 1 aromatic carbocycles. The first-order valence-electron chi connectivity index (χ1n) is 6.66. The van der Waals surface area contributed by atoms with Crippen molar-refractivity contribution >= 4 is 34.2 Å². The monoisotopic (exact) mass is 284 g/mol. The van der Waals surface area contributed by atoms with Gasteiger partial charge < -0.3 is 10.6 Å². The Balaban J connectivity index is 2.08. The lowest BCUT2D eigenvalue weighted by Crippen LogP contribution is -2.64. The Morgan fingerprint density at radius 3 is 2.76 bits per heavy atom. The smallest absolute Gasteiger partial charge is 0.251 e. The zero-order chi connectivity index (χ0) is 15.2. The minimum absolute atomic E-state index is 0.103. The van der Waals surface area contributed by atoms with E-state index in [-0.39, 0.29) is 18.4 Å². The first kappa shape index (κ1) is 13.4. The number of rotatable bonds is 1. The van der Waals surface area contributed by atoms with Crippen LogP contribution in [0.15, 0.2) is 30.3 Å². The number of nitrogen functional groups attached to an aromatic ring is 1. The molecular formula is C15H16N4O2. The summed E-state index contributed by atoms with van der Waals surface area (Å²) in [5.74, 6) is -0.0445. The SMILES string of the molecule is CC1(C)C(=O)NC(=O)CN1c1ccc2cc(N)ccc2n1. The van der Waals surface area contributed by atoms with Gasteiger partial charge in [-0.15, -0.1) is 0 Å². The van der Waals surface area contributed by atoms with E-state index in [1.54, 1.807) is 30.9 Å². The second kappa shape index (κ2) is 4.44. The molecule has 0 unspecified atom stereocenters. The zero-order valence-corrected chi connectivity index (χ0v) is 11.9. The number of nitrogens with zero attached hydrogens (tertiary/aromatic N) is 2. The molecule has 0 aliphatic carbocycles. The molecule has 3 rings (SSSR count). The van der Waals surface area contributed by atoms with Gasteiger partial charge in [0.25, 0.3) is 5.91 Å². The molecule has 3 N–H and O–H groups in total. The van der Waals surface area contributed by atoms with Gasteiger partial charge in [-0.3, -0.25) is 14.9 Å². The van der Waals surface area contributed by atoms with Crippen LogP contribution in [0.2, 0.25) is 0 Å². The fourth-order valence-corrected chi connectivity index (χ4v) is 2.43. The maximum absolute atomic E-state index is 12.0. The second-order valence-corrected chi connectivity index (χ2v) is 5.64. The fourth-order valence-electron chi connectivity index (χ4n) is 2.43. The molecule has 0 radical (unpaired) electrons. The van der Waals surface area contributed by atoms with Crippen LogP contribution in [-0.4, -0.2) is 28.9 Å². The number of aromatic nitrogens is 1. The average Bonchev–Trinajstić information content (AvgIpc) is 2.42. The number of benzene rings is 1. The van der Waals surface area contributed by atoms with Gasteiger partial charge >= 0.3 is 0 Å². The first-order chi connectivity index (χ1) is 9.88. The molecule has 1 saturated heterocycles. The van der Waals surface area contributed by atoms with Gasteiger partial charge in [-0.1, -0.05) is 0 Å². The number of amides is 2. The van der Waals surface area contributed by atoms with Crippen molar-refractivity contribution in [3.05, 3.63) is 30.3 Å². The second-order valence-electron chi connectivity index (χ2n) is 5.64. The predicted octanol–water partition coefficient (Wildman–Crippen LogP) is 1.06. The van der Waals surface area contributed by atoms with E-state index in [1.165, 1.54) is 0 Å². The minimum Gasteiger partial charge on any atom is -0.399 e. The van der Waals surface area contributed by atoms with Crippen LogP contribution < -0.4 is 16.0 Å². The van der Waals surface area contributed by atoms with Crippen LogP contribution in [-0.2, 0) is 9.59 Å². The molecule has 2 amide bonds. The summed E-state index contributed by atoms with van der Waals surface area (Å²) in [6.45, 7) is 3.64. The van der Waals surface area contributed by atoms with Gasteiger partial charge in [0.2, 0.25) is 5.91 Å². The summed E-state index contributed by atoms with van der Waals surface area (Å²) < 4.78 is 0. The summed E-state index contributed by atoms with van der Waals surface area (Å²) in [4.78, 5) is 29.9. The van der Waals surface area contributed by atoms with Crippen LogP contribution in [0.1, 0.15) is 13.8 Å². The molecule has 108 valence electrons. The molecule has 0 bridgehead atoms. The molecule has 6 nitrogen and oxygen atoms in total. The first-order valence-corrected chi connectivity index (χ1v) is 6.66. The number of hydrogen-bond donors (Lipinski definition) is 2. The summed E-state index contributed by atoms with van der Waals surface area (Å²) in [6.07, 6.45) is 0. The van der Waals surface area contributed by atoms with E-state index in [4.69, 9.17) is 5.73 Å². The number of hydrogen-bond acceptors (Lipinski definition) is 5. The fraction of sp³-hybridized carbons (Fsp3) is 0.267. The van der Waals surface area contributed by atoms with Gasteiger partial charge in [0.05, 0.1) is 12.1 Å². The Bertz CT molecular complexity index is 754. The Labute approximate surface area is 121 Å². The molecule has 0 saturated carbocycles.